The summed E-state index contributed by atoms with van der Waals surface area (Å²) in [5.41, 5.74) is 0.943. The van der Waals surface area contributed by atoms with E-state index in [-0.39, 0.29) is 0 Å². The van der Waals surface area contributed by atoms with Crippen molar-refractivity contribution in [3.8, 4) is 0 Å². The highest BCUT2D eigenvalue weighted by Gasteiger charge is 2.17. The average Bonchev–Trinajstić information content (AvgIpc) is 2.88. The number of hydrogen-bond acceptors (Lipinski definition) is 4. The lowest BCUT2D eigenvalue weighted by atomic mass is 10.2. The Hall–Kier alpha value is -2.50. The number of benzene rings is 1. The Bertz CT molecular complexity index is 588. The van der Waals surface area contributed by atoms with Crippen molar-refractivity contribution >= 4 is 17.5 Å². The fraction of sp³-hybridized carbons (Fsp3) is 0.333. The highest BCUT2D eigenvalue weighted by atomic mass is 16.6. The Kier molecular flexibility index (Phi) is 4.47. The van der Waals surface area contributed by atoms with Crippen LogP contribution in [-0.4, -0.2) is 21.7 Å². The highest BCUT2D eigenvalue weighted by Crippen LogP contribution is 2.22. The van der Waals surface area contributed by atoms with E-state index >= 15 is 0 Å². The number of ether oxygens (including phenoxy) is 1. The van der Waals surface area contributed by atoms with Crippen LogP contribution in [0.15, 0.2) is 36.7 Å². The summed E-state index contributed by atoms with van der Waals surface area (Å²) in [6.45, 7) is 6.02. The van der Waals surface area contributed by atoms with Crippen molar-refractivity contribution in [3.63, 3.8) is 0 Å². The van der Waals surface area contributed by atoms with Gasteiger partial charge in [-0.05, 0) is 32.9 Å². The second kappa shape index (κ2) is 6.30. The van der Waals surface area contributed by atoms with Gasteiger partial charge in [-0.1, -0.05) is 12.1 Å². The summed E-state index contributed by atoms with van der Waals surface area (Å²) < 4.78 is 5.25. The Morgan fingerprint density at radius 3 is 2.62 bits per heavy atom. The first-order chi connectivity index (χ1) is 9.94. The molecule has 6 nitrogen and oxygen atoms in total. The maximum Gasteiger partial charge on any atom is 0.412 e. The largest absolute Gasteiger partial charge is 0.444 e. The second-order valence-corrected chi connectivity index (χ2v) is 5.56. The van der Waals surface area contributed by atoms with Crippen LogP contribution in [0.25, 0.3) is 0 Å². The maximum atomic E-state index is 11.8. The fourth-order valence-corrected chi connectivity index (χ4v) is 1.73. The van der Waals surface area contributed by atoms with Crippen molar-refractivity contribution in [2.75, 3.05) is 10.6 Å². The molecule has 0 saturated heterocycles. The van der Waals surface area contributed by atoms with Gasteiger partial charge in [-0.25, -0.2) is 9.78 Å². The molecule has 1 amide bonds. The minimum Gasteiger partial charge on any atom is -0.444 e. The molecule has 0 fully saturated rings. The van der Waals surface area contributed by atoms with Gasteiger partial charge >= 0.3 is 6.09 Å². The van der Waals surface area contributed by atoms with Gasteiger partial charge in [-0.15, -0.1) is 0 Å². The van der Waals surface area contributed by atoms with Gasteiger partial charge < -0.3 is 15.0 Å². The predicted molar refractivity (Wildman–Crippen MR) is 82.2 cm³/mol. The van der Waals surface area contributed by atoms with E-state index in [1.807, 2.05) is 45.0 Å². The molecule has 2 rings (SSSR count). The lowest BCUT2D eigenvalue weighted by Gasteiger charge is -2.20. The molecule has 1 aromatic heterocycles. The number of carbonyl (C=O) groups excluding carboxylic acids is 1. The Morgan fingerprint density at radius 1 is 1.29 bits per heavy atom. The first kappa shape index (κ1) is 14.9. The van der Waals surface area contributed by atoms with E-state index < -0.39 is 11.7 Å². The molecule has 112 valence electrons. The van der Waals surface area contributed by atoms with Gasteiger partial charge in [0, 0.05) is 12.4 Å². The van der Waals surface area contributed by atoms with Gasteiger partial charge in [-0.2, -0.15) is 0 Å². The van der Waals surface area contributed by atoms with Crippen LogP contribution in [-0.2, 0) is 11.3 Å². The molecule has 3 N–H and O–H groups in total. The molecule has 0 spiro atoms. The zero-order valence-electron chi connectivity index (χ0n) is 12.4. The number of nitrogens with zero attached hydrogens (tertiary/aromatic N) is 1. The Balaban J connectivity index is 2.01. The zero-order valence-corrected chi connectivity index (χ0v) is 12.4. The number of hydrogen-bond donors (Lipinski definition) is 3. The molecule has 1 heterocycles. The monoisotopic (exact) mass is 288 g/mol. The van der Waals surface area contributed by atoms with Crippen LogP contribution >= 0.6 is 0 Å². The van der Waals surface area contributed by atoms with Crippen LogP contribution in [0.4, 0.5) is 16.2 Å². The third kappa shape index (κ3) is 4.83. The van der Waals surface area contributed by atoms with Crippen LogP contribution < -0.4 is 10.6 Å². The molecule has 2 aromatic rings. The normalized spacial score (nSPS) is 11.0. The van der Waals surface area contributed by atoms with Crippen molar-refractivity contribution in [2.24, 2.45) is 0 Å². The smallest absolute Gasteiger partial charge is 0.412 e. The number of aromatic nitrogens is 2. The molecule has 0 aliphatic carbocycles. The minimum absolute atomic E-state index is 0.477. The highest BCUT2D eigenvalue weighted by molar-refractivity contribution is 5.89. The van der Waals surface area contributed by atoms with Crippen molar-refractivity contribution in [2.45, 2.75) is 32.9 Å². The van der Waals surface area contributed by atoms with E-state index in [1.54, 1.807) is 12.4 Å². The van der Waals surface area contributed by atoms with Gasteiger partial charge in [0.05, 0.1) is 17.9 Å². The Morgan fingerprint density at radius 2 is 2.00 bits per heavy atom. The zero-order chi connectivity index (χ0) is 15.3. The molecule has 0 aliphatic rings. The fourth-order valence-electron chi connectivity index (χ4n) is 1.73. The topological polar surface area (TPSA) is 79.0 Å². The van der Waals surface area contributed by atoms with Gasteiger partial charge in [0.1, 0.15) is 11.4 Å². The number of nitrogens with one attached hydrogen (secondary N) is 3. The van der Waals surface area contributed by atoms with Crippen LogP contribution in [0.1, 0.15) is 26.6 Å². The third-order valence-electron chi connectivity index (χ3n) is 2.56. The third-order valence-corrected chi connectivity index (χ3v) is 2.56. The summed E-state index contributed by atoms with van der Waals surface area (Å²) >= 11 is 0. The molecule has 0 saturated carbocycles. The maximum absolute atomic E-state index is 11.8. The van der Waals surface area contributed by atoms with Gasteiger partial charge in [0.2, 0.25) is 0 Å². The molecular formula is C15H20N4O2. The quantitative estimate of drug-likeness (QED) is 0.806. The number of para-hydroxylation sites is 2. The van der Waals surface area contributed by atoms with Crippen molar-refractivity contribution in [1.82, 2.24) is 9.97 Å². The number of amides is 1. The molecule has 21 heavy (non-hydrogen) atoms. The van der Waals surface area contributed by atoms with Crippen molar-refractivity contribution in [1.29, 1.82) is 0 Å². The molecule has 0 aliphatic heterocycles. The van der Waals surface area contributed by atoms with Gasteiger partial charge in [-0.3, -0.25) is 5.32 Å². The van der Waals surface area contributed by atoms with Crippen LogP contribution in [0, 0.1) is 0 Å². The summed E-state index contributed by atoms with van der Waals surface area (Å²) in [6, 6.07) is 7.44. The SMILES string of the molecule is CC(C)(C)OC(=O)Nc1ccccc1NCc1ncc[nH]1. The van der Waals surface area contributed by atoms with Crippen LogP contribution in [0.2, 0.25) is 0 Å². The van der Waals surface area contributed by atoms with Crippen molar-refractivity contribution in [3.05, 3.63) is 42.5 Å². The van der Waals surface area contributed by atoms with Crippen LogP contribution in [0.3, 0.4) is 0 Å². The van der Waals surface area contributed by atoms with E-state index in [4.69, 9.17) is 4.74 Å². The second-order valence-electron chi connectivity index (χ2n) is 5.56. The summed E-state index contributed by atoms with van der Waals surface area (Å²) in [5.74, 6) is 0.821. The number of rotatable bonds is 4. The molecule has 1 aromatic carbocycles. The van der Waals surface area contributed by atoms with E-state index in [2.05, 4.69) is 20.6 Å². The van der Waals surface area contributed by atoms with E-state index in [9.17, 15) is 4.79 Å². The molecule has 0 bridgehead atoms. The minimum atomic E-state index is -0.527. The first-order valence-corrected chi connectivity index (χ1v) is 6.75. The first-order valence-electron chi connectivity index (χ1n) is 6.75. The average molecular weight is 288 g/mol. The standard InChI is InChI=1S/C15H20N4O2/c1-15(2,3)21-14(20)19-12-7-5-4-6-11(12)18-10-13-16-8-9-17-13/h4-9,18H,10H2,1-3H3,(H,16,17)(H,19,20). The summed E-state index contributed by atoms with van der Waals surface area (Å²) in [5, 5.41) is 5.96. The molecule has 6 heteroatoms. The van der Waals surface area contributed by atoms with E-state index in [0.717, 1.165) is 11.5 Å². The predicted octanol–water partition coefficient (Wildman–Crippen LogP) is 3.37. The number of carbonyl (C=O) groups is 1. The molecule has 0 atom stereocenters. The lowest BCUT2D eigenvalue weighted by molar-refractivity contribution is 0.0636. The number of anilines is 2. The van der Waals surface area contributed by atoms with Crippen LogP contribution in [0.5, 0.6) is 0 Å². The number of H-pyrrole nitrogens is 1. The summed E-state index contributed by atoms with van der Waals surface area (Å²) in [6.07, 6.45) is 2.98. The summed E-state index contributed by atoms with van der Waals surface area (Å²) in [4.78, 5) is 19.0. The summed E-state index contributed by atoms with van der Waals surface area (Å²) in [7, 11) is 0. The van der Waals surface area contributed by atoms with E-state index in [1.165, 1.54) is 0 Å². The van der Waals surface area contributed by atoms with Crippen molar-refractivity contribution < 1.29 is 9.53 Å². The lowest BCUT2D eigenvalue weighted by Crippen LogP contribution is -2.27. The van der Waals surface area contributed by atoms with Gasteiger partial charge in [0.15, 0.2) is 0 Å². The number of aromatic amines is 1. The molecule has 0 radical (unpaired) electrons. The Labute approximate surface area is 123 Å². The van der Waals surface area contributed by atoms with Gasteiger partial charge in [0.25, 0.3) is 0 Å². The number of imidazole rings is 1. The molecular weight excluding hydrogens is 268 g/mol. The van der Waals surface area contributed by atoms with E-state index in [0.29, 0.717) is 12.2 Å². The molecule has 0 unspecified atom stereocenters.